The topological polar surface area (TPSA) is 88.2 Å². The fourth-order valence-electron chi connectivity index (χ4n) is 4.24. The minimum absolute atomic E-state index is 0.0332. The third-order valence-electron chi connectivity index (χ3n) is 6.14. The summed E-state index contributed by atoms with van der Waals surface area (Å²) < 4.78 is 5.73. The smallest absolute Gasteiger partial charge is 0.245 e. The molecule has 2 N–H and O–H groups in total. The van der Waals surface area contributed by atoms with E-state index in [2.05, 4.69) is 15.3 Å². The highest BCUT2D eigenvalue weighted by Gasteiger charge is 2.60. The quantitative estimate of drug-likeness (QED) is 0.766. The van der Waals surface area contributed by atoms with Crippen molar-refractivity contribution < 1.29 is 14.3 Å². The Morgan fingerprint density at radius 3 is 2.84 bits per heavy atom. The van der Waals surface area contributed by atoms with Gasteiger partial charge in [-0.2, -0.15) is 0 Å². The molecule has 2 heterocycles. The fraction of sp³-hybridized carbons (Fsp3) is 0.632. The Bertz CT molecular complexity index is 809. The number of nitrogens with zero attached hydrogens (tertiary/aromatic N) is 2. The van der Waals surface area contributed by atoms with Crippen LogP contribution < -0.4 is 5.32 Å². The van der Waals surface area contributed by atoms with Gasteiger partial charge >= 0.3 is 0 Å². The van der Waals surface area contributed by atoms with E-state index in [4.69, 9.17) is 4.42 Å². The fourth-order valence-corrected chi connectivity index (χ4v) is 4.24. The summed E-state index contributed by atoms with van der Waals surface area (Å²) >= 11 is 0. The first kappa shape index (κ1) is 15.5. The average Bonchev–Trinajstić information content (AvgIpc) is 3.27. The molecule has 0 amide bonds. The lowest BCUT2D eigenvalue weighted by molar-refractivity contribution is -0.163. The molecule has 6 rings (SSSR count). The molecule has 2 aromatic rings. The predicted molar refractivity (Wildman–Crippen MR) is 90.9 cm³/mol. The van der Waals surface area contributed by atoms with Crippen molar-refractivity contribution in [1.82, 2.24) is 15.3 Å². The van der Waals surface area contributed by atoms with Crippen molar-refractivity contribution in [3.8, 4) is 0 Å². The molecule has 6 nitrogen and oxygen atoms in total. The van der Waals surface area contributed by atoms with Gasteiger partial charge in [0.05, 0.1) is 18.5 Å². The van der Waals surface area contributed by atoms with E-state index in [0.29, 0.717) is 30.4 Å². The maximum absolute atomic E-state index is 12.4. The number of hydrogen-bond acceptors (Lipinski definition) is 6. The van der Waals surface area contributed by atoms with E-state index < -0.39 is 0 Å². The standard InChI is InChI=1S/C19H23N3O3/c23-10-13(3-17(24)19-5-11(6-19)7-19)20-8-14-9-21-18-15(22-14)4-16(25-18)12-1-2-12/h4,9,11-13,20,23H,1-3,5-8,10H2/t11?,13-,19?/m1/s1. The van der Waals surface area contributed by atoms with Gasteiger partial charge in [0.2, 0.25) is 5.71 Å². The van der Waals surface area contributed by atoms with E-state index >= 15 is 0 Å². The zero-order chi connectivity index (χ0) is 17.0. The Hall–Kier alpha value is -1.79. The van der Waals surface area contributed by atoms with Crippen molar-refractivity contribution in [2.75, 3.05) is 6.61 Å². The number of rotatable bonds is 8. The van der Waals surface area contributed by atoms with Crippen LogP contribution in [0.5, 0.6) is 0 Å². The minimum Gasteiger partial charge on any atom is -0.441 e. The van der Waals surface area contributed by atoms with Gasteiger partial charge in [-0.3, -0.25) is 4.79 Å². The lowest BCUT2D eigenvalue weighted by Crippen LogP contribution is -2.57. The molecule has 0 unspecified atom stereocenters. The van der Waals surface area contributed by atoms with Crippen LogP contribution in [0.15, 0.2) is 16.7 Å². The zero-order valence-electron chi connectivity index (χ0n) is 14.2. The van der Waals surface area contributed by atoms with E-state index in [0.717, 1.165) is 42.2 Å². The van der Waals surface area contributed by atoms with Gasteiger partial charge in [-0.05, 0) is 38.0 Å². The number of carbonyl (C=O) groups is 1. The highest BCUT2D eigenvalue weighted by molar-refractivity contribution is 5.88. The number of Topliss-reactive ketones (excluding diaryl/α,β-unsaturated/α-hetero) is 1. The number of aliphatic hydroxyl groups excluding tert-OH is 1. The van der Waals surface area contributed by atoms with E-state index in [-0.39, 0.29) is 18.1 Å². The lowest BCUT2D eigenvalue weighted by atomic mass is 9.42. The van der Waals surface area contributed by atoms with Crippen LogP contribution in [0.1, 0.15) is 55.9 Å². The summed E-state index contributed by atoms with van der Waals surface area (Å²) in [5, 5.41) is 12.9. The normalized spacial score (nSPS) is 28.4. The third kappa shape index (κ3) is 2.68. The number of aromatic nitrogens is 2. The van der Waals surface area contributed by atoms with Gasteiger partial charge in [0.1, 0.15) is 17.1 Å². The molecule has 25 heavy (non-hydrogen) atoms. The van der Waals surface area contributed by atoms with Crippen LogP contribution in [0.25, 0.3) is 11.2 Å². The van der Waals surface area contributed by atoms with Crippen molar-refractivity contribution in [1.29, 1.82) is 0 Å². The molecule has 0 aliphatic heterocycles. The second-order valence-corrected chi connectivity index (χ2v) is 8.12. The number of ketones is 1. The molecule has 0 spiro atoms. The first-order valence-corrected chi connectivity index (χ1v) is 9.28. The van der Waals surface area contributed by atoms with Gasteiger partial charge in [0, 0.05) is 36.4 Å². The highest BCUT2D eigenvalue weighted by atomic mass is 16.3. The van der Waals surface area contributed by atoms with E-state index in [1.54, 1.807) is 6.20 Å². The largest absolute Gasteiger partial charge is 0.441 e. The second-order valence-electron chi connectivity index (χ2n) is 8.12. The SMILES string of the molecule is O=C(C[C@H](CO)NCc1cnc2oc(C3CC3)cc2n1)C12CC(C1)C2. The molecule has 4 aliphatic carbocycles. The van der Waals surface area contributed by atoms with Crippen molar-refractivity contribution >= 4 is 17.0 Å². The van der Waals surface area contributed by atoms with Gasteiger partial charge in [-0.15, -0.1) is 0 Å². The van der Waals surface area contributed by atoms with Crippen molar-refractivity contribution in [3.63, 3.8) is 0 Å². The van der Waals surface area contributed by atoms with Crippen LogP contribution in [0.2, 0.25) is 0 Å². The van der Waals surface area contributed by atoms with Gasteiger partial charge in [-0.1, -0.05) is 0 Å². The number of aliphatic hydroxyl groups is 1. The molecular formula is C19H23N3O3. The Morgan fingerprint density at radius 1 is 1.40 bits per heavy atom. The number of carbonyl (C=O) groups excluding carboxylic acids is 1. The first-order valence-electron chi connectivity index (χ1n) is 9.28. The van der Waals surface area contributed by atoms with Crippen LogP contribution in [-0.4, -0.2) is 33.5 Å². The van der Waals surface area contributed by atoms with Crippen LogP contribution in [-0.2, 0) is 11.3 Å². The van der Waals surface area contributed by atoms with E-state index in [1.165, 1.54) is 12.8 Å². The van der Waals surface area contributed by atoms with Crippen LogP contribution in [0, 0.1) is 11.3 Å². The lowest BCUT2D eigenvalue weighted by Gasteiger charge is -2.60. The van der Waals surface area contributed by atoms with Gasteiger partial charge in [0.25, 0.3) is 0 Å². The maximum Gasteiger partial charge on any atom is 0.245 e. The van der Waals surface area contributed by atoms with Gasteiger partial charge in [-0.25, -0.2) is 9.97 Å². The Morgan fingerprint density at radius 2 is 2.20 bits per heavy atom. The summed E-state index contributed by atoms with van der Waals surface area (Å²) in [4.78, 5) is 21.4. The number of nitrogens with one attached hydrogen (secondary N) is 1. The minimum atomic E-state index is -0.217. The molecule has 4 aliphatic rings. The molecule has 2 aromatic heterocycles. The molecule has 4 fully saturated rings. The summed E-state index contributed by atoms with van der Waals surface area (Å²) in [6.45, 7) is 0.444. The number of furan rings is 1. The Balaban J connectivity index is 1.21. The zero-order valence-corrected chi connectivity index (χ0v) is 14.2. The summed E-state index contributed by atoms with van der Waals surface area (Å²) in [5.41, 5.74) is 2.14. The highest BCUT2D eigenvalue weighted by Crippen LogP contribution is 2.65. The molecule has 6 heteroatoms. The predicted octanol–water partition coefficient (Wildman–Crippen LogP) is 2.31. The van der Waals surface area contributed by atoms with E-state index in [1.807, 2.05) is 6.07 Å². The summed E-state index contributed by atoms with van der Waals surface area (Å²) in [7, 11) is 0. The van der Waals surface area contributed by atoms with Crippen LogP contribution in [0.4, 0.5) is 0 Å². The van der Waals surface area contributed by atoms with Crippen molar-refractivity contribution in [3.05, 3.63) is 23.7 Å². The summed E-state index contributed by atoms with van der Waals surface area (Å²) in [6, 6.07) is 1.77. The van der Waals surface area contributed by atoms with Crippen molar-refractivity contribution in [2.24, 2.45) is 11.3 Å². The molecule has 0 saturated heterocycles. The van der Waals surface area contributed by atoms with Gasteiger partial charge < -0.3 is 14.8 Å². The monoisotopic (exact) mass is 341 g/mol. The number of fused-ring (bicyclic) bond motifs is 1. The first-order chi connectivity index (χ1) is 12.1. The molecule has 0 radical (unpaired) electrons. The van der Waals surface area contributed by atoms with Gasteiger partial charge in [0.15, 0.2) is 0 Å². The molecule has 4 saturated carbocycles. The maximum atomic E-state index is 12.4. The molecule has 132 valence electrons. The van der Waals surface area contributed by atoms with E-state index in [9.17, 15) is 9.90 Å². The van der Waals surface area contributed by atoms with Crippen molar-refractivity contribution in [2.45, 2.75) is 57.0 Å². The van der Waals surface area contributed by atoms with Crippen LogP contribution >= 0.6 is 0 Å². The average molecular weight is 341 g/mol. The molecule has 1 atom stereocenters. The third-order valence-corrected chi connectivity index (χ3v) is 6.14. The molecule has 0 aromatic carbocycles. The second kappa shape index (κ2) is 5.61. The summed E-state index contributed by atoms with van der Waals surface area (Å²) in [6.07, 6.45) is 7.66. The Labute approximate surface area is 146 Å². The Kier molecular flexibility index (Phi) is 3.47. The van der Waals surface area contributed by atoms with Crippen LogP contribution in [0.3, 0.4) is 0 Å². The number of hydrogen-bond donors (Lipinski definition) is 2. The molecule has 2 bridgehead atoms. The summed E-state index contributed by atoms with van der Waals surface area (Å²) in [5.74, 6) is 2.63. The molecular weight excluding hydrogens is 318 g/mol.